The predicted octanol–water partition coefficient (Wildman–Crippen LogP) is 4.64. The molecular formula is C28H28N2O5. The summed E-state index contributed by atoms with van der Waals surface area (Å²) in [4.78, 5) is 36.8. The summed E-state index contributed by atoms with van der Waals surface area (Å²) in [5.74, 6) is -1.58. The highest BCUT2D eigenvalue weighted by Gasteiger charge is 2.30. The number of alkyl carbamates (subject to hydrolysis) is 1. The second-order valence-electron chi connectivity index (χ2n) is 8.50. The molecule has 0 spiro atoms. The van der Waals surface area contributed by atoms with Gasteiger partial charge in [0, 0.05) is 5.92 Å². The Balaban J connectivity index is 1.39. The lowest BCUT2D eigenvalue weighted by molar-refractivity contribution is -0.137. The molecule has 0 bridgehead atoms. The van der Waals surface area contributed by atoms with Gasteiger partial charge in [0.15, 0.2) is 0 Å². The molecule has 35 heavy (non-hydrogen) atoms. The zero-order valence-corrected chi connectivity index (χ0v) is 19.4. The van der Waals surface area contributed by atoms with Crippen LogP contribution in [0.5, 0.6) is 0 Å². The van der Waals surface area contributed by atoms with Gasteiger partial charge in [-0.3, -0.25) is 9.59 Å². The summed E-state index contributed by atoms with van der Waals surface area (Å²) >= 11 is 0. The highest BCUT2D eigenvalue weighted by atomic mass is 16.5. The van der Waals surface area contributed by atoms with Gasteiger partial charge in [-0.05, 0) is 34.2 Å². The van der Waals surface area contributed by atoms with E-state index in [0.717, 1.165) is 22.3 Å². The molecule has 0 fully saturated rings. The number of carbonyl (C=O) groups excluding carboxylic acids is 2. The molecule has 7 heteroatoms. The lowest BCUT2D eigenvalue weighted by Gasteiger charge is -2.22. The smallest absolute Gasteiger partial charge is 0.407 e. The minimum Gasteiger partial charge on any atom is -0.481 e. The van der Waals surface area contributed by atoms with Gasteiger partial charge in [0.1, 0.15) is 12.6 Å². The third-order valence-corrected chi connectivity index (χ3v) is 6.26. The average Bonchev–Trinajstić information content (AvgIpc) is 3.19. The van der Waals surface area contributed by atoms with Gasteiger partial charge in [-0.2, -0.15) is 0 Å². The molecule has 0 saturated heterocycles. The molecule has 2 unspecified atom stereocenters. The highest BCUT2D eigenvalue weighted by Crippen LogP contribution is 2.44. The topological polar surface area (TPSA) is 105 Å². The number of nitrogens with one attached hydrogen (secondary N) is 2. The summed E-state index contributed by atoms with van der Waals surface area (Å²) in [6.07, 6.45) is -0.634. The van der Waals surface area contributed by atoms with Crippen LogP contribution in [0, 0.1) is 0 Å². The maximum Gasteiger partial charge on any atom is 0.407 e. The van der Waals surface area contributed by atoms with E-state index in [-0.39, 0.29) is 18.9 Å². The van der Waals surface area contributed by atoms with Crippen LogP contribution in [0.1, 0.15) is 48.4 Å². The Morgan fingerprint density at radius 1 is 0.857 bits per heavy atom. The lowest BCUT2D eigenvalue weighted by atomic mass is 9.98. The fraction of sp³-hybridized carbons (Fsp3) is 0.250. The third-order valence-electron chi connectivity index (χ3n) is 6.26. The van der Waals surface area contributed by atoms with Crippen LogP contribution in [-0.4, -0.2) is 35.7 Å². The summed E-state index contributed by atoms with van der Waals surface area (Å²) in [7, 11) is 0. The maximum atomic E-state index is 12.9. The van der Waals surface area contributed by atoms with Crippen molar-refractivity contribution >= 4 is 18.0 Å². The number of aliphatic carboxylic acids is 1. The van der Waals surface area contributed by atoms with Gasteiger partial charge in [0.05, 0.1) is 12.5 Å². The average molecular weight is 473 g/mol. The van der Waals surface area contributed by atoms with Crippen molar-refractivity contribution < 1.29 is 24.2 Å². The Labute approximate surface area is 204 Å². The van der Waals surface area contributed by atoms with Crippen molar-refractivity contribution in [3.63, 3.8) is 0 Å². The van der Waals surface area contributed by atoms with Crippen molar-refractivity contribution in [1.29, 1.82) is 0 Å². The SMILES string of the molecule is CCC(NC(=O)OCC1c2ccccc2-c2ccccc21)C(=O)NC(CC(=O)O)c1ccccc1. The number of rotatable bonds is 9. The first kappa shape index (κ1) is 24.0. The van der Waals surface area contributed by atoms with Gasteiger partial charge < -0.3 is 20.5 Å². The van der Waals surface area contributed by atoms with Gasteiger partial charge in [-0.1, -0.05) is 85.8 Å². The number of hydrogen-bond acceptors (Lipinski definition) is 4. The number of hydrogen-bond donors (Lipinski definition) is 3. The Hall–Kier alpha value is -4.13. The first-order valence-corrected chi connectivity index (χ1v) is 11.7. The minimum atomic E-state index is -1.03. The van der Waals surface area contributed by atoms with Crippen LogP contribution < -0.4 is 10.6 Å². The zero-order chi connectivity index (χ0) is 24.8. The summed E-state index contributed by atoms with van der Waals surface area (Å²) in [6.45, 7) is 1.91. The van der Waals surface area contributed by atoms with Gasteiger partial charge >= 0.3 is 12.1 Å². The Bertz CT molecular complexity index is 1170. The number of carboxylic acids is 1. The molecule has 0 heterocycles. The van der Waals surface area contributed by atoms with Gasteiger partial charge in [0.2, 0.25) is 5.91 Å². The molecule has 2 amide bonds. The molecule has 1 aliphatic carbocycles. The van der Waals surface area contributed by atoms with E-state index in [0.29, 0.717) is 12.0 Å². The molecule has 0 radical (unpaired) electrons. The van der Waals surface area contributed by atoms with Gasteiger partial charge in [-0.15, -0.1) is 0 Å². The quantitative estimate of drug-likeness (QED) is 0.421. The van der Waals surface area contributed by atoms with Gasteiger partial charge in [0.25, 0.3) is 0 Å². The molecule has 2 atom stereocenters. The maximum absolute atomic E-state index is 12.9. The van der Waals surface area contributed by atoms with Crippen LogP contribution in [0.3, 0.4) is 0 Å². The van der Waals surface area contributed by atoms with Crippen molar-refractivity contribution in [1.82, 2.24) is 10.6 Å². The Morgan fingerprint density at radius 2 is 1.43 bits per heavy atom. The molecule has 7 nitrogen and oxygen atoms in total. The van der Waals surface area contributed by atoms with Crippen molar-refractivity contribution in [3.8, 4) is 11.1 Å². The summed E-state index contributed by atoms with van der Waals surface area (Å²) in [6, 6.07) is 23.4. The molecule has 3 N–H and O–H groups in total. The second kappa shape index (κ2) is 10.9. The zero-order valence-electron chi connectivity index (χ0n) is 19.4. The minimum absolute atomic E-state index is 0.0833. The lowest BCUT2D eigenvalue weighted by Crippen LogP contribution is -2.47. The molecule has 0 aromatic heterocycles. The summed E-state index contributed by atoms with van der Waals surface area (Å²) < 4.78 is 5.55. The monoisotopic (exact) mass is 472 g/mol. The van der Waals surface area contributed by atoms with Crippen LogP contribution in [0.4, 0.5) is 4.79 Å². The van der Waals surface area contributed by atoms with Crippen molar-refractivity contribution in [2.45, 2.75) is 37.8 Å². The predicted molar refractivity (Wildman–Crippen MR) is 132 cm³/mol. The number of carbonyl (C=O) groups is 3. The van der Waals surface area contributed by atoms with Gasteiger partial charge in [-0.25, -0.2) is 4.79 Å². The highest BCUT2D eigenvalue weighted by molar-refractivity contribution is 5.86. The molecule has 0 saturated carbocycles. The molecule has 0 aliphatic heterocycles. The number of amides is 2. The number of fused-ring (bicyclic) bond motifs is 3. The first-order chi connectivity index (χ1) is 17.0. The van der Waals surface area contributed by atoms with E-state index < -0.39 is 30.1 Å². The van der Waals surface area contributed by atoms with E-state index in [4.69, 9.17) is 4.74 Å². The van der Waals surface area contributed by atoms with Crippen LogP contribution in [0.2, 0.25) is 0 Å². The molecule has 3 aromatic carbocycles. The largest absolute Gasteiger partial charge is 0.481 e. The van der Waals surface area contributed by atoms with E-state index in [1.54, 1.807) is 31.2 Å². The molecule has 180 valence electrons. The van der Waals surface area contributed by atoms with E-state index in [1.807, 2.05) is 42.5 Å². The van der Waals surface area contributed by atoms with E-state index in [2.05, 4.69) is 22.8 Å². The van der Waals surface area contributed by atoms with Crippen LogP contribution in [0.25, 0.3) is 11.1 Å². The van der Waals surface area contributed by atoms with Crippen molar-refractivity contribution in [2.24, 2.45) is 0 Å². The Morgan fingerprint density at radius 3 is 2.00 bits per heavy atom. The van der Waals surface area contributed by atoms with Crippen molar-refractivity contribution in [3.05, 3.63) is 95.6 Å². The molecule has 3 aromatic rings. The summed E-state index contributed by atoms with van der Waals surface area (Å²) in [5, 5.41) is 14.7. The number of ether oxygens (including phenoxy) is 1. The van der Waals surface area contributed by atoms with E-state index >= 15 is 0 Å². The first-order valence-electron chi connectivity index (χ1n) is 11.7. The Kier molecular flexibility index (Phi) is 7.45. The van der Waals surface area contributed by atoms with Crippen molar-refractivity contribution in [2.75, 3.05) is 6.61 Å². The van der Waals surface area contributed by atoms with E-state index in [9.17, 15) is 19.5 Å². The van der Waals surface area contributed by atoms with Crippen LogP contribution >= 0.6 is 0 Å². The number of benzene rings is 3. The number of carboxylic acid groups (broad SMARTS) is 1. The molecule has 4 rings (SSSR count). The van der Waals surface area contributed by atoms with Crippen LogP contribution in [0.15, 0.2) is 78.9 Å². The van der Waals surface area contributed by atoms with E-state index in [1.165, 1.54) is 0 Å². The molecule has 1 aliphatic rings. The van der Waals surface area contributed by atoms with Crippen LogP contribution in [-0.2, 0) is 14.3 Å². The third kappa shape index (κ3) is 5.51. The fourth-order valence-corrected chi connectivity index (χ4v) is 4.52. The fourth-order valence-electron chi connectivity index (χ4n) is 4.52. The second-order valence-corrected chi connectivity index (χ2v) is 8.50. The molecular weight excluding hydrogens is 444 g/mol. The summed E-state index contributed by atoms with van der Waals surface area (Å²) in [5.41, 5.74) is 5.15. The normalized spacial score (nSPS) is 13.7. The standard InChI is InChI=1S/C28H28N2O5/c1-2-24(27(33)29-25(16-26(31)32)18-10-4-3-5-11-18)30-28(34)35-17-23-21-14-8-6-12-19(21)20-13-7-9-15-22(20)23/h3-15,23-25H,2,16-17H2,1H3,(H,29,33)(H,30,34)(H,31,32).